The highest BCUT2D eigenvalue weighted by atomic mass is 16.3. The Balaban J connectivity index is 2.02. The fourth-order valence-corrected chi connectivity index (χ4v) is 1.55. The predicted octanol–water partition coefficient (Wildman–Crippen LogP) is 0.511. The van der Waals surface area contributed by atoms with Gasteiger partial charge < -0.3 is 15.7 Å². The number of carbonyl (C=O) groups is 1. The Morgan fingerprint density at radius 2 is 2.12 bits per heavy atom. The molecule has 0 heterocycles. The average Bonchev–Trinajstić information content (AvgIpc) is 2.97. The third kappa shape index (κ3) is 6.08. The number of hydrogen-bond acceptors (Lipinski definition) is 3. The fraction of sp³-hybridized carbons (Fsp3) is 0.917. The number of carbonyl (C=O) groups excluding carboxylic acids is 1. The van der Waals surface area contributed by atoms with Crippen LogP contribution in [0.1, 0.15) is 33.1 Å². The molecular weight excluding hydrogens is 204 g/mol. The van der Waals surface area contributed by atoms with Gasteiger partial charge in [-0.15, -0.1) is 0 Å². The molecule has 1 rings (SSSR count). The van der Waals surface area contributed by atoms with Crippen molar-refractivity contribution in [3.63, 3.8) is 0 Å². The molecule has 1 aliphatic carbocycles. The SMILES string of the molecule is CC(C)(CCO)CNCC(=O)NCC1CC1. The quantitative estimate of drug-likeness (QED) is 0.567. The molecule has 3 N–H and O–H groups in total. The lowest BCUT2D eigenvalue weighted by Crippen LogP contribution is -2.39. The van der Waals surface area contributed by atoms with E-state index >= 15 is 0 Å². The van der Waals surface area contributed by atoms with Crippen LogP contribution in [-0.4, -0.2) is 37.3 Å². The molecule has 4 nitrogen and oxygen atoms in total. The Bertz CT molecular complexity index is 225. The van der Waals surface area contributed by atoms with Crippen LogP contribution in [0.4, 0.5) is 0 Å². The summed E-state index contributed by atoms with van der Waals surface area (Å²) in [6, 6.07) is 0. The van der Waals surface area contributed by atoms with Crippen LogP contribution in [0.3, 0.4) is 0 Å². The highest BCUT2D eigenvalue weighted by molar-refractivity contribution is 5.77. The number of amides is 1. The summed E-state index contributed by atoms with van der Waals surface area (Å²) < 4.78 is 0. The number of aliphatic hydroxyl groups is 1. The molecule has 1 amide bonds. The van der Waals surface area contributed by atoms with Crippen LogP contribution in [-0.2, 0) is 4.79 Å². The second kappa shape index (κ2) is 6.21. The summed E-state index contributed by atoms with van der Waals surface area (Å²) >= 11 is 0. The number of aliphatic hydroxyl groups excluding tert-OH is 1. The smallest absolute Gasteiger partial charge is 0.233 e. The summed E-state index contributed by atoms with van der Waals surface area (Å²) in [5.74, 6) is 0.807. The van der Waals surface area contributed by atoms with E-state index in [1.807, 2.05) is 0 Å². The number of hydrogen-bond donors (Lipinski definition) is 3. The van der Waals surface area contributed by atoms with E-state index in [-0.39, 0.29) is 17.9 Å². The van der Waals surface area contributed by atoms with Crippen molar-refractivity contribution in [1.29, 1.82) is 0 Å². The van der Waals surface area contributed by atoms with Crippen LogP contribution in [0, 0.1) is 11.3 Å². The summed E-state index contributed by atoms with van der Waals surface area (Å²) in [6.07, 6.45) is 3.28. The molecule has 0 bridgehead atoms. The van der Waals surface area contributed by atoms with E-state index < -0.39 is 0 Å². The van der Waals surface area contributed by atoms with Gasteiger partial charge in [0.25, 0.3) is 0 Å². The van der Waals surface area contributed by atoms with Crippen molar-refractivity contribution in [2.45, 2.75) is 33.1 Å². The van der Waals surface area contributed by atoms with Gasteiger partial charge in [-0.1, -0.05) is 13.8 Å². The maximum absolute atomic E-state index is 11.4. The zero-order valence-electron chi connectivity index (χ0n) is 10.4. The Morgan fingerprint density at radius 3 is 2.69 bits per heavy atom. The molecule has 0 aromatic rings. The Kier molecular flexibility index (Phi) is 5.22. The lowest BCUT2D eigenvalue weighted by Gasteiger charge is -2.23. The molecule has 94 valence electrons. The maximum atomic E-state index is 11.4. The van der Waals surface area contributed by atoms with Crippen LogP contribution in [0.25, 0.3) is 0 Å². The van der Waals surface area contributed by atoms with Crippen molar-refractivity contribution in [3.05, 3.63) is 0 Å². The Hall–Kier alpha value is -0.610. The molecule has 1 fully saturated rings. The third-order valence-corrected chi connectivity index (χ3v) is 2.96. The molecule has 0 aromatic heterocycles. The van der Waals surface area contributed by atoms with Crippen LogP contribution >= 0.6 is 0 Å². The largest absolute Gasteiger partial charge is 0.396 e. The minimum atomic E-state index is 0.0471. The van der Waals surface area contributed by atoms with Crippen molar-refractivity contribution in [1.82, 2.24) is 10.6 Å². The van der Waals surface area contributed by atoms with Crippen molar-refractivity contribution in [2.75, 3.05) is 26.2 Å². The first kappa shape index (κ1) is 13.5. The van der Waals surface area contributed by atoms with Crippen LogP contribution < -0.4 is 10.6 Å². The summed E-state index contributed by atoms with van der Waals surface area (Å²) in [4.78, 5) is 11.4. The van der Waals surface area contributed by atoms with Gasteiger partial charge in [0.2, 0.25) is 5.91 Å². The molecule has 1 aliphatic rings. The zero-order chi connectivity index (χ0) is 12.0. The van der Waals surface area contributed by atoms with E-state index in [4.69, 9.17) is 5.11 Å². The highest BCUT2D eigenvalue weighted by Gasteiger charge is 2.21. The van der Waals surface area contributed by atoms with Gasteiger partial charge in [0.05, 0.1) is 6.54 Å². The molecule has 0 aromatic carbocycles. The van der Waals surface area contributed by atoms with Crippen LogP contribution in [0.2, 0.25) is 0 Å². The second-order valence-corrected chi connectivity index (χ2v) is 5.49. The Labute approximate surface area is 97.8 Å². The van der Waals surface area contributed by atoms with Crippen molar-refractivity contribution >= 4 is 5.91 Å². The zero-order valence-corrected chi connectivity index (χ0v) is 10.4. The lowest BCUT2D eigenvalue weighted by molar-refractivity contribution is -0.120. The third-order valence-electron chi connectivity index (χ3n) is 2.96. The summed E-state index contributed by atoms with van der Waals surface area (Å²) in [5.41, 5.74) is 0.0471. The first-order valence-electron chi connectivity index (χ1n) is 6.12. The van der Waals surface area contributed by atoms with Crippen LogP contribution in [0.15, 0.2) is 0 Å². The molecule has 0 saturated heterocycles. The Morgan fingerprint density at radius 1 is 1.44 bits per heavy atom. The molecule has 4 heteroatoms. The molecular formula is C12H24N2O2. The summed E-state index contributed by atoms with van der Waals surface area (Å²) in [6.45, 7) is 6.33. The monoisotopic (exact) mass is 228 g/mol. The van der Waals surface area contributed by atoms with E-state index in [0.717, 1.165) is 25.4 Å². The van der Waals surface area contributed by atoms with E-state index in [0.29, 0.717) is 6.54 Å². The van der Waals surface area contributed by atoms with Crippen molar-refractivity contribution < 1.29 is 9.90 Å². The van der Waals surface area contributed by atoms with Crippen molar-refractivity contribution in [2.24, 2.45) is 11.3 Å². The first-order valence-corrected chi connectivity index (χ1v) is 6.12. The van der Waals surface area contributed by atoms with Gasteiger partial charge in [-0.3, -0.25) is 4.79 Å². The van der Waals surface area contributed by atoms with E-state index in [1.165, 1.54) is 12.8 Å². The molecule has 16 heavy (non-hydrogen) atoms. The molecule has 1 saturated carbocycles. The van der Waals surface area contributed by atoms with Crippen LogP contribution in [0.5, 0.6) is 0 Å². The normalized spacial score (nSPS) is 16.2. The van der Waals surface area contributed by atoms with E-state index in [1.54, 1.807) is 0 Å². The topological polar surface area (TPSA) is 61.4 Å². The lowest BCUT2D eigenvalue weighted by atomic mass is 9.90. The molecule has 0 radical (unpaired) electrons. The van der Waals surface area contributed by atoms with Gasteiger partial charge in [0, 0.05) is 19.7 Å². The molecule has 0 aliphatic heterocycles. The second-order valence-electron chi connectivity index (χ2n) is 5.49. The van der Waals surface area contributed by atoms with E-state index in [9.17, 15) is 4.79 Å². The van der Waals surface area contributed by atoms with Gasteiger partial charge >= 0.3 is 0 Å². The van der Waals surface area contributed by atoms with Gasteiger partial charge in [-0.2, -0.15) is 0 Å². The minimum Gasteiger partial charge on any atom is -0.396 e. The number of nitrogens with one attached hydrogen (secondary N) is 2. The fourth-order valence-electron chi connectivity index (χ4n) is 1.55. The van der Waals surface area contributed by atoms with Gasteiger partial charge in [-0.05, 0) is 30.6 Å². The van der Waals surface area contributed by atoms with Gasteiger partial charge in [0.15, 0.2) is 0 Å². The predicted molar refractivity (Wildman–Crippen MR) is 64.1 cm³/mol. The summed E-state index contributed by atoms with van der Waals surface area (Å²) in [7, 11) is 0. The highest BCUT2D eigenvalue weighted by Crippen LogP contribution is 2.27. The summed E-state index contributed by atoms with van der Waals surface area (Å²) in [5, 5.41) is 14.9. The maximum Gasteiger partial charge on any atom is 0.233 e. The van der Waals surface area contributed by atoms with Gasteiger partial charge in [-0.25, -0.2) is 0 Å². The average molecular weight is 228 g/mol. The standard InChI is InChI=1S/C12H24N2O2/c1-12(2,5-6-15)9-13-8-11(16)14-7-10-3-4-10/h10,13,15H,3-9H2,1-2H3,(H,14,16). The molecule has 0 unspecified atom stereocenters. The first-order chi connectivity index (χ1) is 7.53. The molecule has 0 spiro atoms. The molecule has 0 atom stereocenters. The van der Waals surface area contributed by atoms with Gasteiger partial charge in [0.1, 0.15) is 0 Å². The minimum absolute atomic E-state index is 0.0471. The van der Waals surface area contributed by atoms with Crippen molar-refractivity contribution in [3.8, 4) is 0 Å². The number of rotatable bonds is 8. The van der Waals surface area contributed by atoms with E-state index in [2.05, 4.69) is 24.5 Å².